The van der Waals surface area contributed by atoms with Gasteiger partial charge in [0, 0.05) is 12.1 Å². The highest BCUT2D eigenvalue weighted by Crippen LogP contribution is 2.21. The van der Waals surface area contributed by atoms with Crippen molar-refractivity contribution in [1.29, 1.82) is 0 Å². The first kappa shape index (κ1) is 15.4. The van der Waals surface area contributed by atoms with Crippen LogP contribution in [0.3, 0.4) is 0 Å². The molecule has 2 aromatic rings. The molecule has 22 heavy (non-hydrogen) atoms. The van der Waals surface area contributed by atoms with E-state index in [0.717, 1.165) is 6.07 Å². The lowest BCUT2D eigenvalue weighted by Crippen LogP contribution is -2.09. The van der Waals surface area contributed by atoms with Gasteiger partial charge in [-0.2, -0.15) is 5.10 Å². The number of H-pyrrole nitrogens is 1. The molecule has 0 amide bonds. The van der Waals surface area contributed by atoms with E-state index in [9.17, 15) is 23.1 Å². The number of aliphatic carboxylic acids is 1. The summed E-state index contributed by atoms with van der Waals surface area (Å²) in [5.41, 5.74) is -0.260. The maximum absolute atomic E-state index is 12.3. The number of aromatic amines is 1. The van der Waals surface area contributed by atoms with Crippen molar-refractivity contribution in [3.8, 4) is 0 Å². The molecule has 0 radical (unpaired) electrons. The number of aliphatic hydroxyl groups excluding tert-OH is 1. The fourth-order valence-electron chi connectivity index (χ4n) is 1.56. The summed E-state index contributed by atoms with van der Waals surface area (Å²) < 4.78 is 24.5. The van der Waals surface area contributed by atoms with Gasteiger partial charge in [-0.25, -0.2) is 13.2 Å². The Morgan fingerprint density at radius 2 is 1.77 bits per heavy atom. The predicted octanol–water partition coefficient (Wildman–Crippen LogP) is 0.795. The maximum Gasteiger partial charge on any atom is 0.376 e. The lowest BCUT2D eigenvalue weighted by molar-refractivity contribution is -0.146. The zero-order valence-corrected chi connectivity index (χ0v) is 11.7. The number of nitrogens with one attached hydrogen (secondary N) is 1. The minimum Gasteiger partial charge on any atom is -0.505 e. The van der Waals surface area contributed by atoms with E-state index in [4.69, 9.17) is 5.11 Å². The highest BCUT2D eigenvalue weighted by atomic mass is 32.2. The Morgan fingerprint density at radius 1 is 1.14 bits per heavy atom. The van der Waals surface area contributed by atoms with Crippen LogP contribution in [0.15, 0.2) is 52.4 Å². The molecule has 3 N–H and O–H groups in total. The predicted molar refractivity (Wildman–Crippen MR) is 73.7 cm³/mol. The lowest BCUT2D eigenvalue weighted by Gasteiger charge is -1.99. The molecular formula is C13H10N2O6S. The first-order chi connectivity index (χ1) is 10.3. The molecule has 8 nitrogen and oxygen atoms in total. The van der Waals surface area contributed by atoms with Gasteiger partial charge in [0.1, 0.15) is 11.5 Å². The lowest BCUT2D eigenvalue weighted by atomic mass is 10.3. The fraction of sp³-hybridized carbons (Fsp3) is 0. The Bertz CT molecular complexity index is 852. The van der Waals surface area contributed by atoms with Gasteiger partial charge in [-0.1, -0.05) is 18.2 Å². The second-order valence-electron chi connectivity index (χ2n) is 4.13. The average molecular weight is 322 g/mol. The van der Waals surface area contributed by atoms with Crippen LogP contribution in [-0.4, -0.2) is 40.6 Å². The third-order valence-electron chi connectivity index (χ3n) is 2.64. The summed E-state index contributed by atoms with van der Waals surface area (Å²) in [5, 5.41) is 23.5. The first-order valence-corrected chi connectivity index (χ1v) is 7.34. The van der Waals surface area contributed by atoms with E-state index in [0.29, 0.717) is 6.08 Å². The normalized spacial score (nSPS) is 12.1. The molecule has 0 saturated heterocycles. The molecule has 1 heterocycles. The Kier molecular flexibility index (Phi) is 4.08. The number of nitrogens with zero attached hydrogens (tertiary/aromatic N) is 1. The van der Waals surface area contributed by atoms with Gasteiger partial charge >= 0.3 is 5.97 Å². The van der Waals surface area contributed by atoms with Crippen molar-refractivity contribution in [1.82, 2.24) is 10.2 Å². The standard InChI is InChI=1S/C13H10N2O6S/c16-10(7-11(17)13(18)19)9-6-12(15-14-9)22(20,21)8-4-2-1-3-5-8/h1-7,16H,(H,14,15)(H,18,19). The second kappa shape index (κ2) is 5.82. The number of carbonyl (C=O) groups is 2. The number of aromatic nitrogens is 2. The molecule has 0 unspecified atom stereocenters. The van der Waals surface area contributed by atoms with Crippen LogP contribution in [0.2, 0.25) is 0 Å². The summed E-state index contributed by atoms with van der Waals surface area (Å²) in [5.74, 6) is -3.86. The van der Waals surface area contributed by atoms with Crippen LogP contribution < -0.4 is 0 Å². The first-order valence-electron chi connectivity index (χ1n) is 5.86. The largest absolute Gasteiger partial charge is 0.505 e. The molecule has 1 aromatic heterocycles. The van der Waals surface area contributed by atoms with Crippen molar-refractivity contribution in [3.05, 3.63) is 48.2 Å². The quantitative estimate of drug-likeness (QED) is 0.420. The Balaban J connectivity index is 2.37. The number of hydrogen-bond donors (Lipinski definition) is 3. The van der Waals surface area contributed by atoms with Crippen LogP contribution in [0.5, 0.6) is 0 Å². The van der Waals surface area contributed by atoms with Crippen molar-refractivity contribution < 1.29 is 28.2 Å². The topological polar surface area (TPSA) is 137 Å². The zero-order valence-electron chi connectivity index (χ0n) is 10.9. The third kappa shape index (κ3) is 3.04. The molecule has 1 aromatic carbocycles. The average Bonchev–Trinajstić information content (AvgIpc) is 2.98. The van der Waals surface area contributed by atoms with Gasteiger partial charge < -0.3 is 10.2 Å². The van der Waals surface area contributed by atoms with E-state index < -0.39 is 27.3 Å². The van der Waals surface area contributed by atoms with Crippen LogP contribution in [0.25, 0.3) is 5.76 Å². The number of hydrogen-bond acceptors (Lipinski definition) is 6. The highest BCUT2D eigenvalue weighted by molar-refractivity contribution is 7.91. The summed E-state index contributed by atoms with van der Waals surface area (Å²) in [7, 11) is -3.85. The van der Waals surface area contributed by atoms with E-state index in [1.165, 1.54) is 12.1 Å². The summed E-state index contributed by atoms with van der Waals surface area (Å²) in [6.45, 7) is 0. The molecule has 0 fully saturated rings. The minimum atomic E-state index is -3.85. The summed E-state index contributed by atoms with van der Waals surface area (Å²) in [6.07, 6.45) is 0.442. The fourth-order valence-corrected chi connectivity index (χ4v) is 2.76. The maximum atomic E-state index is 12.3. The molecule has 0 atom stereocenters. The van der Waals surface area contributed by atoms with Crippen LogP contribution in [0.1, 0.15) is 5.69 Å². The van der Waals surface area contributed by atoms with Crippen molar-refractivity contribution >= 4 is 27.3 Å². The number of carboxylic acids is 1. The zero-order chi connectivity index (χ0) is 16.3. The van der Waals surface area contributed by atoms with Gasteiger partial charge in [0.15, 0.2) is 5.03 Å². The van der Waals surface area contributed by atoms with E-state index >= 15 is 0 Å². The van der Waals surface area contributed by atoms with Gasteiger partial charge in [0.05, 0.1) is 4.90 Å². The highest BCUT2D eigenvalue weighted by Gasteiger charge is 2.21. The Labute approximate surface area is 124 Å². The van der Waals surface area contributed by atoms with Gasteiger partial charge in [-0.05, 0) is 12.1 Å². The summed E-state index contributed by atoms with van der Waals surface area (Å²) in [6, 6.07) is 8.53. The van der Waals surface area contributed by atoms with Gasteiger partial charge in [-0.3, -0.25) is 9.89 Å². The Morgan fingerprint density at radius 3 is 2.36 bits per heavy atom. The van der Waals surface area contributed by atoms with Crippen LogP contribution in [0, 0.1) is 0 Å². The van der Waals surface area contributed by atoms with Crippen LogP contribution in [-0.2, 0) is 19.4 Å². The molecule has 0 spiro atoms. The van der Waals surface area contributed by atoms with E-state index in [2.05, 4.69) is 10.2 Å². The number of aliphatic hydroxyl groups is 1. The van der Waals surface area contributed by atoms with E-state index in [1.807, 2.05) is 0 Å². The molecule has 114 valence electrons. The minimum absolute atomic E-state index is 0.0234. The van der Waals surface area contributed by atoms with E-state index in [1.54, 1.807) is 18.2 Å². The molecule has 0 aliphatic rings. The number of carbonyl (C=O) groups excluding carboxylic acids is 1. The molecule has 0 bridgehead atoms. The molecule has 0 aliphatic heterocycles. The molecule has 0 aliphatic carbocycles. The Hall–Kier alpha value is -2.94. The van der Waals surface area contributed by atoms with Crippen molar-refractivity contribution in [2.45, 2.75) is 9.92 Å². The van der Waals surface area contributed by atoms with Gasteiger partial charge in [0.25, 0.3) is 5.78 Å². The molecule has 2 rings (SSSR count). The number of sulfone groups is 1. The molecular weight excluding hydrogens is 312 g/mol. The number of rotatable bonds is 5. The smallest absolute Gasteiger partial charge is 0.376 e. The van der Waals surface area contributed by atoms with Gasteiger partial charge in [0.2, 0.25) is 9.84 Å². The van der Waals surface area contributed by atoms with Crippen LogP contribution >= 0.6 is 0 Å². The molecule has 9 heteroatoms. The van der Waals surface area contributed by atoms with Crippen molar-refractivity contribution in [3.63, 3.8) is 0 Å². The van der Waals surface area contributed by atoms with E-state index in [-0.39, 0.29) is 15.6 Å². The van der Waals surface area contributed by atoms with Crippen molar-refractivity contribution in [2.75, 3.05) is 0 Å². The second-order valence-corrected chi connectivity index (χ2v) is 6.05. The van der Waals surface area contributed by atoms with Crippen LogP contribution in [0.4, 0.5) is 0 Å². The summed E-state index contributed by atoms with van der Waals surface area (Å²) >= 11 is 0. The monoisotopic (exact) mass is 322 g/mol. The summed E-state index contributed by atoms with van der Waals surface area (Å²) in [4.78, 5) is 21.4. The number of ketones is 1. The molecule has 0 saturated carbocycles. The SMILES string of the molecule is O=C(O)C(=O)C=C(O)c1cc(S(=O)(=O)c2ccccc2)[nH]n1. The third-order valence-corrected chi connectivity index (χ3v) is 4.32. The number of benzene rings is 1. The van der Waals surface area contributed by atoms with Crippen molar-refractivity contribution in [2.24, 2.45) is 0 Å². The van der Waals surface area contributed by atoms with Gasteiger partial charge in [-0.15, -0.1) is 0 Å². The number of carboxylic acid groups (broad SMARTS) is 1.